The van der Waals surface area contributed by atoms with E-state index in [1.807, 2.05) is 4.90 Å². The summed E-state index contributed by atoms with van der Waals surface area (Å²) >= 11 is 0. The Morgan fingerprint density at radius 2 is 1.95 bits per heavy atom. The molecule has 4 heteroatoms. The normalized spacial score (nSPS) is 18.9. The highest BCUT2D eigenvalue weighted by atomic mass is 16.3. The van der Waals surface area contributed by atoms with Crippen molar-refractivity contribution in [3.05, 3.63) is 35.1 Å². The van der Waals surface area contributed by atoms with Crippen LogP contribution in [0.2, 0.25) is 0 Å². The van der Waals surface area contributed by atoms with Gasteiger partial charge in [0.1, 0.15) is 5.58 Å². The number of hydrogen-bond acceptors (Lipinski definition) is 3. The first-order valence-corrected chi connectivity index (χ1v) is 8.18. The predicted octanol–water partition coefficient (Wildman–Crippen LogP) is 2.45. The van der Waals surface area contributed by atoms with Crippen molar-refractivity contribution in [2.24, 2.45) is 0 Å². The maximum absolute atomic E-state index is 12.5. The molecule has 2 aromatic rings. The molecule has 1 N–H and O–H groups in total. The number of aliphatic hydroxyl groups excluding tert-OH is 1. The Hall–Kier alpha value is -1.81. The van der Waals surface area contributed by atoms with Crippen LogP contribution in [-0.4, -0.2) is 35.1 Å². The largest absolute Gasteiger partial charge is 0.464 e. The number of piperidine rings is 1. The maximum atomic E-state index is 12.5. The minimum Gasteiger partial charge on any atom is -0.464 e. The number of rotatable bonds is 2. The molecular weight excluding hydrogens is 278 g/mol. The van der Waals surface area contributed by atoms with Crippen LogP contribution in [-0.2, 0) is 24.1 Å². The van der Waals surface area contributed by atoms with Gasteiger partial charge in [-0.1, -0.05) is 0 Å². The van der Waals surface area contributed by atoms with E-state index in [0.29, 0.717) is 32.4 Å². The second-order valence-electron chi connectivity index (χ2n) is 6.52. The Balaban J connectivity index is 1.55. The highest BCUT2D eigenvalue weighted by molar-refractivity contribution is 5.88. The van der Waals surface area contributed by atoms with E-state index in [2.05, 4.69) is 12.1 Å². The van der Waals surface area contributed by atoms with Crippen LogP contribution in [0.4, 0.5) is 0 Å². The van der Waals surface area contributed by atoms with Crippen LogP contribution < -0.4 is 0 Å². The third-order valence-corrected chi connectivity index (χ3v) is 5.03. The lowest BCUT2D eigenvalue weighted by atomic mass is 10.0. The Kier molecular flexibility index (Phi) is 3.41. The fourth-order valence-electron chi connectivity index (χ4n) is 3.67. The number of benzene rings is 1. The first-order chi connectivity index (χ1) is 10.7. The minimum absolute atomic E-state index is 0.134. The third kappa shape index (κ3) is 2.41. The second-order valence-corrected chi connectivity index (χ2v) is 6.52. The lowest BCUT2D eigenvalue weighted by Gasteiger charge is -2.29. The predicted molar refractivity (Wildman–Crippen MR) is 83.8 cm³/mol. The number of carbonyl (C=O) groups is 1. The first-order valence-electron chi connectivity index (χ1n) is 8.18. The molecule has 1 aliphatic carbocycles. The highest BCUT2D eigenvalue weighted by Crippen LogP contribution is 2.30. The van der Waals surface area contributed by atoms with Crippen LogP contribution >= 0.6 is 0 Å². The number of amides is 1. The zero-order chi connectivity index (χ0) is 15.1. The average Bonchev–Trinajstić information content (AvgIpc) is 3.12. The lowest BCUT2D eigenvalue weighted by Crippen LogP contribution is -2.40. The van der Waals surface area contributed by atoms with Crippen molar-refractivity contribution in [1.29, 1.82) is 0 Å². The van der Waals surface area contributed by atoms with Crippen molar-refractivity contribution >= 4 is 16.9 Å². The van der Waals surface area contributed by atoms with Gasteiger partial charge in [-0.25, -0.2) is 0 Å². The molecule has 1 aromatic heterocycles. The molecule has 0 atom stereocenters. The van der Waals surface area contributed by atoms with Crippen LogP contribution in [0.5, 0.6) is 0 Å². The molecule has 2 heterocycles. The van der Waals surface area contributed by atoms with Gasteiger partial charge in [-0.15, -0.1) is 0 Å². The quantitative estimate of drug-likeness (QED) is 0.926. The zero-order valence-corrected chi connectivity index (χ0v) is 12.7. The molecule has 4 rings (SSSR count). The second kappa shape index (κ2) is 5.43. The van der Waals surface area contributed by atoms with Gasteiger partial charge in [-0.05, 0) is 55.4 Å². The van der Waals surface area contributed by atoms with Crippen LogP contribution in [0.1, 0.15) is 36.0 Å². The molecule has 116 valence electrons. The molecule has 1 aliphatic heterocycles. The topological polar surface area (TPSA) is 53.7 Å². The van der Waals surface area contributed by atoms with Gasteiger partial charge in [0.25, 0.3) is 0 Å². The molecule has 0 spiro atoms. The van der Waals surface area contributed by atoms with E-state index in [4.69, 9.17) is 4.42 Å². The Morgan fingerprint density at radius 3 is 2.73 bits per heavy atom. The summed E-state index contributed by atoms with van der Waals surface area (Å²) in [6, 6.07) is 4.35. The molecule has 1 amide bonds. The van der Waals surface area contributed by atoms with Crippen LogP contribution in [0.3, 0.4) is 0 Å². The number of fused-ring (bicyclic) bond motifs is 2. The molecule has 1 saturated heterocycles. The molecule has 0 bridgehead atoms. The van der Waals surface area contributed by atoms with Gasteiger partial charge in [-0.3, -0.25) is 4.79 Å². The molecule has 4 nitrogen and oxygen atoms in total. The number of aryl methyl sites for hydroxylation is 2. The van der Waals surface area contributed by atoms with Crippen LogP contribution in [0.25, 0.3) is 11.0 Å². The first kappa shape index (κ1) is 13.8. The lowest BCUT2D eigenvalue weighted by molar-refractivity contribution is -0.132. The Bertz CT molecular complexity index is 710. The van der Waals surface area contributed by atoms with Crippen molar-refractivity contribution in [1.82, 2.24) is 4.90 Å². The molecule has 2 aliphatic rings. The molecular formula is C18H21NO3. The van der Waals surface area contributed by atoms with Crippen molar-refractivity contribution in [3.63, 3.8) is 0 Å². The molecule has 1 fully saturated rings. The average molecular weight is 299 g/mol. The zero-order valence-electron chi connectivity index (χ0n) is 12.7. The number of aliphatic hydroxyl groups is 1. The highest BCUT2D eigenvalue weighted by Gasteiger charge is 2.23. The summed E-state index contributed by atoms with van der Waals surface area (Å²) in [5, 5.41) is 10.6. The summed E-state index contributed by atoms with van der Waals surface area (Å²) in [4.78, 5) is 14.3. The number of nitrogens with zero attached hydrogens (tertiary/aromatic N) is 1. The minimum atomic E-state index is -0.249. The van der Waals surface area contributed by atoms with E-state index in [1.54, 1.807) is 6.26 Å². The molecule has 0 radical (unpaired) electrons. The third-order valence-electron chi connectivity index (χ3n) is 5.03. The van der Waals surface area contributed by atoms with E-state index in [1.165, 1.54) is 17.5 Å². The SMILES string of the molecule is O=C(Cc1coc2cc3c(cc12)CCC3)N1CCC(O)CC1. The van der Waals surface area contributed by atoms with Gasteiger partial charge in [0.15, 0.2) is 0 Å². The van der Waals surface area contributed by atoms with Gasteiger partial charge in [0, 0.05) is 24.0 Å². The van der Waals surface area contributed by atoms with E-state index < -0.39 is 0 Å². The van der Waals surface area contributed by atoms with Gasteiger partial charge in [0.05, 0.1) is 18.8 Å². The standard InChI is InChI=1S/C18H21NO3/c20-15-4-6-19(7-5-15)18(21)10-14-11-22-17-9-13-3-1-2-12(13)8-16(14)17/h8-9,11,15,20H,1-7,10H2. The van der Waals surface area contributed by atoms with Crippen molar-refractivity contribution in [2.45, 2.75) is 44.6 Å². The van der Waals surface area contributed by atoms with Crippen molar-refractivity contribution in [2.75, 3.05) is 13.1 Å². The summed E-state index contributed by atoms with van der Waals surface area (Å²) in [6.45, 7) is 1.32. The summed E-state index contributed by atoms with van der Waals surface area (Å²) in [6.07, 6.45) is 6.73. The van der Waals surface area contributed by atoms with E-state index >= 15 is 0 Å². The fourth-order valence-corrected chi connectivity index (χ4v) is 3.67. The number of likely N-dealkylation sites (tertiary alicyclic amines) is 1. The number of furan rings is 1. The number of hydrogen-bond donors (Lipinski definition) is 1. The van der Waals surface area contributed by atoms with Gasteiger partial charge in [0.2, 0.25) is 5.91 Å². The Morgan fingerprint density at radius 1 is 1.23 bits per heavy atom. The summed E-state index contributed by atoms with van der Waals surface area (Å²) in [7, 11) is 0. The van der Waals surface area contributed by atoms with Gasteiger partial charge < -0.3 is 14.4 Å². The fraction of sp³-hybridized carbons (Fsp3) is 0.500. The van der Waals surface area contributed by atoms with E-state index in [0.717, 1.165) is 29.4 Å². The molecule has 0 saturated carbocycles. The molecule has 1 aromatic carbocycles. The van der Waals surface area contributed by atoms with Gasteiger partial charge in [-0.2, -0.15) is 0 Å². The maximum Gasteiger partial charge on any atom is 0.227 e. The summed E-state index contributed by atoms with van der Waals surface area (Å²) in [5.74, 6) is 0.134. The van der Waals surface area contributed by atoms with Crippen LogP contribution in [0.15, 0.2) is 22.8 Å². The van der Waals surface area contributed by atoms with Crippen molar-refractivity contribution < 1.29 is 14.3 Å². The number of carbonyl (C=O) groups excluding carboxylic acids is 1. The molecule has 0 unspecified atom stereocenters. The summed E-state index contributed by atoms with van der Waals surface area (Å²) in [5.41, 5.74) is 4.69. The monoisotopic (exact) mass is 299 g/mol. The smallest absolute Gasteiger partial charge is 0.227 e. The summed E-state index contributed by atoms with van der Waals surface area (Å²) < 4.78 is 5.67. The van der Waals surface area contributed by atoms with Gasteiger partial charge >= 0.3 is 0 Å². The Labute approximate surface area is 129 Å². The van der Waals surface area contributed by atoms with E-state index in [-0.39, 0.29) is 12.0 Å². The molecule has 22 heavy (non-hydrogen) atoms. The van der Waals surface area contributed by atoms with E-state index in [9.17, 15) is 9.90 Å². The van der Waals surface area contributed by atoms with Crippen molar-refractivity contribution in [3.8, 4) is 0 Å². The van der Waals surface area contributed by atoms with Crippen LogP contribution in [0, 0.1) is 0 Å².